The summed E-state index contributed by atoms with van der Waals surface area (Å²) in [5, 5.41) is 0. The first kappa shape index (κ1) is 32.7. The molecule has 2 N–H and O–H groups in total. The van der Waals surface area contributed by atoms with Gasteiger partial charge in [-0.2, -0.15) is 0 Å². The normalized spacial score (nSPS) is 20.6. The largest absolute Gasteiger partial charge is 0.324 e. The molecule has 240 valence electrons. The van der Waals surface area contributed by atoms with Gasteiger partial charge in [0.2, 0.25) is 0 Å². The number of amides is 2. The van der Waals surface area contributed by atoms with E-state index in [4.69, 9.17) is 5.73 Å². The molecule has 2 fully saturated rings. The van der Waals surface area contributed by atoms with Crippen molar-refractivity contribution >= 4 is 27.3 Å². The number of piperazine rings is 1. The lowest BCUT2D eigenvalue weighted by Gasteiger charge is -2.44. The zero-order chi connectivity index (χ0) is 32.1. The fourth-order valence-electron chi connectivity index (χ4n) is 6.22. The van der Waals surface area contributed by atoms with Crippen LogP contribution in [0.15, 0.2) is 72.8 Å². The monoisotopic (exact) mass is 635 g/mol. The first-order chi connectivity index (χ1) is 21.5. The van der Waals surface area contributed by atoms with Crippen molar-refractivity contribution in [2.75, 3.05) is 49.1 Å². The highest BCUT2D eigenvalue weighted by atomic mass is 32.2. The lowest BCUT2D eigenvalue weighted by Crippen LogP contribution is -2.55. The SMILES string of the molecule is C[C@@H]1CN(Cc2ccccc2)C[C@H](C)N1Cc1ccc(N(Cc2ccc(C(=O)CN)cc2F)C(=O)N2CCS(=O)(=O)CC2)cc1. The number of carbonyl (C=O) groups excluding carboxylic acids is 2. The van der Waals surface area contributed by atoms with Crippen LogP contribution in [0.5, 0.6) is 0 Å². The minimum absolute atomic E-state index is 0.0776. The number of Topliss-reactive ketones (excluding diaryl/α,β-unsaturated/α-hetero) is 1. The average molecular weight is 636 g/mol. The van der Waals surface area contributed by atoms with Gasteiger partial charge < -0.3 is 10.6 Å². The second-order valence-corrected chi connectivity index (χ2v) is 14.5. The van der Waals surface area contributed by atoms with Crippen LogP contribution in [0.3, 0.4) is 0 Å². The third kappa shape index (κ3) is 8.15. The van der Waals surface area contributed by atoms with Gasteiger partial charge in [0.1, 0.15) is 5.82 Å². The van der Waals surface area contributed by atoms with Crippen molar-refractivity contribution in [1.82, 2.24) is 14.7 Å². The lowest BCUT2D eigenvalue weighted by molar-refractivity contribution is 0.0290. The maximum Gasteiger partial charge on any atom is 0.324 e. The molecule has 11 heteroatoms. The van der Waals surface area contributed by atoms with Crippen molar-refractivity contribution in [3.63, 3.8) is 0 Å². The maximum atomic E-state index is 15.1. The quantitative estimate of drug-likeness (QED) is 0.356. The zero-order valence-corrected chi connectivity index (χ0v) is 26.8. The number of nitrogens with zero attached hydrogens (tertiary/aromatic N) is 4. The van der Waals surface area contributed by atoms with Crippen LogP contribution in [0.1, 0.15) is 40.9 Å². The molecule has 0 spiro atoms. The molecule has 45 heavy (non-hydrogen) atoms. The van der Waals surface area contributed by atoms with Crippen LogP contribution in [0, 0.1) is 5.82 Å². The third-order valence-corrected chi connectivity index (χ3v) is 10.4. The van der Waals surface area contributed by atoms with Gasteiger partial charge in [-0.1, -0.05) is 54.6 Å². The van der Waals surface area contributed by atoms with E-state index in [1.807, 2.05) is 30.3 Å². The molecule has 5 rings (SSSR count). The highest BCUT2D eigenvalue weighted by Crippen LogP contribution is 2.25. The van der Waals surface area contributed by atoms with Crippen LogP contribution in [0.2, 0.25) is 0 Å². The highest BCUT2D eigenvalue weighted by Gasteiger charge is 2.31. The Balaban J connectivity index is 1.31. The number of anilines is 1. The Morgan fingerprint density at radius 2 is 1.51 bits per heavy atom. The Bertz CT molecular complexity index is 1580. The molecule has 0 saturated carbocycles. The first-order valence-electron chi connectivity index (χ1n) is 15.4. The summed E-state index contributed by atoms with van der Waals surface area (Å²) in [5.41, 5.74) is 8.83. The summed E-state index contributed by atoms with van der Waals surface area (Å²) < 4.78 is 39.2. The summed E-state index contributed by atoms with van der Waals surface area (Å²) in [7, 11) is -3.19. The summed E-state index contributed by atoms with van der Waals surface area (Å²) in [4.78, 5) is 33.7. The molecule has 2 saturated heterocycles. The van der Waals surface area contributed by atoms with Crippen molar-refractivity contribution in [3.8, 4) is 0 Å². The molecular formula is C34H42FN5O4S. The van der Waals surface area contributed by atoms with Gasteiger partial charge in [0.05, 0.1) is 24.6 Å². The van der Waals surface area contributed by atoms with Gasteiger partial charge in [0.25, 0.3) is 0 Å². The summed E-state index contributed by atoms with van der Waals surface area (Å²) in [6.45, 7) is 7.96. The number of rotatable bonds is 9. The predicted octanol–water partition coefficient (Wildman–Crippen LogP) is 3.92. The molecule has 0 bridgehead atoms. The molecule has 2 aliphatic rings. The number of ketones is 1. The second kappa shape index (κ2) is 14.2. The maximum absolute atomic E-state index is 15.1. The molecule has 0 aromatic heterocycles. The van der Waals surface area contributed by atoms with E-state index in [9.17, 15) is 18.0 Å². The predicted molar refractivity (Wildman–Crippen MR) is 174 cm³/mol. The number of sulfone groups is 1. The summed E-state index contributed by atoms with van der Waals surface area (Å²) in [5.74, 6) is -1.20. The smallest absolute Gasteiger partial charge is 0.324 e. The van der Waals surface area contributed by atoms with Crippen molar-refractivity contribution in [3.05, 3.63) is 101 Å². The Morgan fingerprint density at radius 1 is 0.889 bits per heavy atom. The number of hydrogen-bond donors (Lipinski definition) is 1. The molecule has 0 radical (unpaired) electrons. The number of benzene rings is 3. The summed E-state index contributed by atoms with van der Waals surface area (Å²) in [6.07, 6.45) is 0. The van der Waals surface area contributed by atoms with Crippen molar-refractivity contribution < 1.29 is 22.4 Å². The van der Waals surface area contributed by atoms with Gasteiger partial charge in [0, 0.05) is 68.2 Å². The van der Waals surface area contributed by atoms with E-state index in [1.54, 1.807) is 0 Å². The number of hydrogen-bond acceptors (Lipinski definition) is 7. The van der Waals surface area contributed by atoms with E-state index in [0.717, 1.165) is 37.8 Å². The van der Waals surface area contributed by atoms with Crippen LogP contribution in [0.4, 0.5) is 14.9 Å². The fourth-order valence-corrected chi connectivity index (χ4v) is 7.42. The minimum Gasteiger partial charge on any atom is -0.324 e. The summed E-state index contributed by atoms with van der Waals surface area (Å²) >= 11 is 0. The standard InChI is InChI=1S/C34H42FN5O4S/c1-25-20-37(22-27-6-4-3-5-7-27)21-26(2)39(25)23-28-8-12-31(13-9-28)40(34(42)38-14-16-45(43,44)17-15-38)24-30-11-10-29(18-32(30)35)33(41)19-36/h3-13,18,25-26H,14-17,19-24,36H2,1-2H3/t25-,26+. The van der Waals surface area contributed by atoms with E-state index >= 15 is 4.39 Å². The lowest BCUT2D eigenvalue weighted by atomic mass is 10.0. The van der Waals surface area contributed by atoms with E-state index in [0.29, 0.717) is 17.8 Å². The van der Waals surface area contributed by atoms with Crippen LogP contribution < -0.4 is 10.6 Å². The van der Waals surface area contributed by atoms with E-state index in [-0.39, 0.29) is 54.6 Å². The molecule has 3 aromatic carbocycles. The van der Waals surface area contributed by atoms with Crippen LogP contribution in [0.25, 0.3) is 0 Å². The third-order valence-electron chi connectivity index (χ3n) is 8.77. The molecule has 2 heterocycles. The Morgan fingerprint density at radius 3 is 2.11 bits per heavy atom. The second-order valence-electron chi connectivity index (χ2n) is 12.2. The van der Waals surface area contributed by atoms with Crippen LogP contribution >= 0.6 is 0 Å². The van der Waals surface area contributed by atoms with Crippen LogP contribution in [-0.2, 0) is 29.5 Å². The molecule has 2 aliphatic heterocycles. The Labute approximate surface area is 265 Å². The van der Waals surface area contributed by atoms with Gasteiger partial charge in [-0.25, -0.2) is 17.6 Å². The molecule has 0 unspecified atom stereocenters. The van der Waals surface area contributed by atoms with E-state index in [1.165, 1.54) is 27.5 Å². The van der Waals surface area contributed by atoms with Crippen LogP contribution in [-0.4, -0.2) is 91.2 Å². The number of urea groups is 1. The van der Waals surface area contributed by atoms with Gasteiger partial charge in [-0.15, -0.1) is 0 Å². The summed E-state index contributed by atoms with van der Waals surface area (Å²) in [6, 6.07) is 22.7. The minimum atomic E-state index is -3.19. The van der Waals surface area contributed by atoms with E-state index in [2.05, 4.69) is 47.9 Å². The van der Waals surface area contributed by atoms with Gasteiger partial charge in [-0.05, 0) is 43.2 Å². The van der Waals surface area contributed by atoms with Gasteiger partial charge >= 0.3 is 6.03 Å². The number of nitrogens with two attached hydrogens (primary N) is 1. The molecular weight excluding hydrogens is 593 g/mol. The van der Waals surface area contributed by atoms with Crippen molar-refractivity contribution in [2.24, 2.45) is 5.73 Å². The van der Waals surface area contributed by atoms with Gasteiger partial charge in [0.15, 0.2) is 15.6 Å². The Kier molecular flexibility index (Phi) is 10.3. The first-order valence-corrected chi connectivity index (χ1v) is 17.2. The van der Waals surface area contributed by atoms with Gasteiger partial charge in [-0.3, -0.25) is 19.5 Å². The Hall–Kier alpha value is -3.64. The molecule has 2 amide bonds. The van der Waals surface area contributed by atoms with Crippen molar-refractivity contribution in [1.29, 1.82) is 0 Å². The topological polar surface area (TPSA) is 107 Å². The highest BCUT2D eigenvalue weighted by molar-refractivity contribution is 7.91. The number of halogens is 1. The molecule has 3 aromatic rings. The zero-order valence-electron chi connectivity index (χ0n) is 25.9. The molecule has 9 nitrogen and oxygen atoms in total. The molecule has 2 atom stereocenters. The van der Waals surface area contributed by atoms with Crippen molar-refractivity contribution in [2.45, 2.75) is 45.6 Å². The molecule has 0 aliphatic carbocycles. The number of carbonyl (C=O) groups is 2. The average Bonchev–Trinajstić information content (AvgIpc) is 3.02. The van der Waals surface area contributed by atoms with E-state index < -0.39 is 21.7 Å². The fraction of sp³-hybridized carbons (Fsp3) is 0.412.